The van der Waals surface area contributed by atoms with Gasteiger partial charge in [-0.05, 0) is 36.6 Å². The van der Waals surface area contributed by atoms with Crippen LogP contribution < -0.4 is 4.90 Å². The number of aromatic hydroxyl groups is 1. The summed E-state index contributed by atoms with van der Waals surface area (Å²) in [6.45, 7) is 1.80. The number of non-ortho nitro benzene ring substituents is 1. The predicted octanol–water partition coefficient (Wildman–Crippen LogP) is 2.91. The van der Waals surface area contributed by atoms with Gasteiger partial charge >= 0.3 is 0 Å². The van der Waals surface area contributed by atoms with Gasteiger partial charge in [0.1, 0.15) is 5.75 Å². The lowest BCUT2D eigenvalue weighted by molar-refractivity contribution is -0.384. The molecule has 2 N–H and O–H groups in total. The molecule has 5 rings (SSSR count). The lowest BCUT2D eigenvalue weighted by atomic mass is 9.65. The van der Waals surface area contributed by atoms with E-state index in [9.17, 15) is 29.9 Å². The number of benzene rings is 2. The Morgan fingerprint density at radius 1 is 1.12 bits per heavy atom. The molecule has 0 bridgehead atoms. The molecular weight excluding hydrogens is 416 g/mol. The molecular formula is C23H22N2O7. The molecule has 6 atom stereocenters. The molecule has 0 aromatic heterocycles. The zero-order valence-corrected chi connectivity index (χ0v) is 17.2. The van der Waals surface area contributed by atoms with E-state index < -0.39 is 52.3 Å². The molecule has 0 spiro atoms. The second-order valence-corrected chi connectivity index (χ2v) is 8.85. The molecule has 32 heavy (non-hydrogen) atoms. The Morgan fingerprint density at radius 3 is 2.53 bits per heavy atom. The average molecular weight is 438 g/mol. The van der Waals surface area contributed by atoms with Crippen molar-refractivity contribution in [3.63, 3.8) is 0 Å². The van der Waals surface area contributed by atoms with E-state index in [1.54, 1.807) is 19.1 Å². The molecule has 1 aliphatic carbocycles. The van der Waals surface area contributed by atoms with Crippen LogP contribution in [-0.2, 0) is 14.3 Å². The zero-order valence-electron chi connectivity index (χ0n) is 17.2. The van der Waals surface area contributed by atoms with Crippen LogP contribution in [0.3, 0.4) is 0 Å². The SMILES string of the molecule is C[C@H]1C[C@@H]2C(=O)N(c3cccc([N+](=O)[O-])c3)C(=O)[C@@H]2[C@@H]2C[C@@H](c3ccc(O)cc3)O[C@]12O. The fourth-order valence-corrected chi connectivity index (χ4v) is 5.54. The number of phenols is 1. The van der Waals surface area contributed by atoms with E-state index in [-0.39, 0.29) is 23.5 Å². The van der Waals surface area contributed by atoms with E-state index in [0.29, 0.717) is 6.42 Å². The van der Waals surface area contributed by atoms with Gasteiger partial charge in [0.2, 0.25) is 11.8 Å². The fourth-order valence-electron chi connectivity index (χ4n) is 5.54. The van der Waals surface area contributed by atoms with E-state index in [1.807, 2.05) is 0 Å². The highest BCUT2D eigenvalue weighted by atomic mass is 16.6. The summed E-state index contributed by atoms with van der Waals surface area (Å²) in [5.41, 5.74) is 0.718. The lowest BCUT2D eigenvalue weighted by Crippen LogP contribution is -2.52. The lowest BCUT2D eigenvalue weighted by Gasteiger charge is -2.43. The summed E-state index contributed by atoms with van der Waals surface area (Å²) in [7, 11) is 0. The van der Waals surface area contributed by atoms with Crippen molar-refractivity contribution < 1.29 is 29.5 Å². The number of imide groups is 1. The Morgan fingerprint density at radius 2 is 1.84 bits per heavy atom. The summed E-state index contributed by atoms with van der Waals surface area (Å²) in [5, 5.41) is 32.2. The average Bonchev–Trinajstić information content (AvgIpc) is 3.24. The molecule has 2 aromatic rings. The van der Waals surface area contributed by atoms with Crippen LogP contribution in [0.4, 0.5) is 11.4 Å². The van der Waals surface area contributed by atoms with Gasteiger partial charge in [-0.2, -0.15) is 0 Å². The second kappa shape index (κ2) is 7.11. The van der Waals surface area contributed by atoms with Crippen LogP contribution in [0.25, 0.3) is 0 Å². The normalized spacial score (nSPS) is 33.8. The van der Waals surface area contributed by atoms with Gasteiger partial charge in [-0.3, -0.25) is 19.7 Å². The third-order valence-electron chi connectivity index (χ3n) is 7.12. The summed E-state index contributed by atoms with van der Waals surface area (Å²) in [4.78, 5) is 38.3. The first-order chi connectivity index (χ1) is 15.2. The molecule has 9 heteroatoms. The Kier molecular flexibility index (Phi) is 4.58. The maximum absolute atomic E-state index is 13.4. The van der Waals surface area contributed by atoms with Crippen molar-refractivity contribution in [1.82, 2.24) is 0 Å². The Balaban J connectivity index is 1.50. The smallest absolute Gasteiger partial charge is 0.271 e. The van der Waals surface area contributed by atoms with Crippen molar-refractivity contribution in [2.24, 2.45) is 23.7 Å². The quantitative estimate of drug-likeness (QED) is 0.428. The number of fused-ring (bicyclic) bond motifs is 3. The molecule has 3 fully saturated rings. The number of nitro benzene ring substituents is 1. The van der Waals surface area contributed by atoms with E-state index >= 15 is 0 Å². The molecule has 2 heterocycles. The first kappa shape index (κ1) is 20.6. The largest absolute Gasteiger partial charge is 0.508 e. The molecule has 166 valence electrons. The van der Waals surface area contributed by atoms with Gasteiger partial charge < -0.3 is 14.9 Å². The number of anilines is 1. The number of aliphatic hydroxyl groups is 1. The van der Waals surface area contributed by atoms with Crippen LogP contribution >= 0.6 is 0 Å². The highest BCUT2D eigenvalue weighted by molar-refractivity contribution is 6.22. The molecule has 3 aliphatic rings. The van der Waals surface area contributed by atoms with Crippen molar-refractivity contribution in [3.8, 4) is 5.75 Å². The van der Waals surface area contributed by atoms with E-state index in [4.69, 9.17) is 4.74 Å². The zero-order chi connectivity index (χ0) is 22.8. The number of carbonyl (C=O) groups excluding carboxylic acids is 2. The van der Waals surface area contributed by atoms with Gasteiger partial charge in [0.25, 0.3) is 5.69 Å². The molecule has 2 saturated heterocycles. The fraction of sp³-hybridized carbons (Fsp3) is 0.391. The molecule has 0 unspecified atom stereocenters. The number of hydrogen-bond acceptors (Lipinski definition) is 7. The second-order valence-electron chi connectivity index (χ2n) is 8.85. The number of rotatable bonds is 3. The van der Waals surface area contributed by atoms with Gasteiger partial charge in [0.15, 0.2) is 5.79 Å². The first-order valence-corrected chi connectivity index (χ1v) is 10.5. The Labute approximate surface area is 183 Å². The Hall–Kier alpha value is -3.30. The van der Waals surface area contributed by atoms with Crippen LogP contribution in [0.1, 0.15) is 31.4 Å². The highest BCUT2D eigenvalue weighted by Crippen LogP contribution is 2.58. The first-order valence-electron chi connectivity index (χ1n) is 10.5. The number of phenolic OH excluding ortho intramolecular Hbond substituents is 1. The van der Waals surface area contributed by atoms with Gasteiger partial charge in [-0.1, -0.05) is 25.1 Å². The number of nitro groups is 1. The molecule has 2 aliphatic heterocycles. The minimum absolute atomic E-state index is 0.112. The standard InChI is InChI=1S/C23H22N2O7/c1-12-9-17-20(18-11-19(32-23(12,18)29)13-5-7-16(26)8-6-13)22(28)24(21(17)27)14-3-2-4-15(10-14)25(30)31/h2-8,10,12,17-20,26,29H,9,11H2,1H3/t12-,17-,18-,19-,20-,23+/m0/s1. The molecule has 2 aromatic carbocycles. The van der Waals surface area contributed by atoms with Crippen LogP contribution in [0.5, 0.6) is 5.75 Å². The van der Waals surface area contributed by atoms with Gasteiger partial charge in [0, 0.05) is 24.0 Å². The number of ether oxygens (including phenoxy) is 1. The summed E-state index contributed by atoms with van der Waals surface area (Å²) in [6.07, 6.45) is 0.131. The predicted molar refractivity (Wildman–Crippen MR) is 111 cm³/mol. The topological polar surface area (TPSA) is 130 Å². The maximum atomic E-state index is 13.4. The van der Waals surface area contributed by atoms with Crippen molar-refractivity contribution in [2.75, 3.05) is 4.90 Å². The summed E-state index contributed by atoms with van der Waals surface area (Å²) in [6, 6.07) is 11.9. The van der Waals surface area contributed by atoms with Crippen molar-refractivity contribution in [2.45, 2.75) is 31.7 Å². The summed E-state index contributed by atoms with van der Waals surface area (Å²) in [5.74, 6) is -4.71. The van der Waals surface area contributed by atoms with Crippen molar-refractivity contribution >= 4 is 23.2 Å². The minimum atomic E-state index is -1.57. The van der Waals surface area contributed by atoms with Crippen LogP contribution in [0.15, 0.2) is 48.5 Å². The van der Waals surface area contributed by atoms with Crippen LogP contribution in [-0.4, -0.2) is 32.7 Å². The van der Waals surface area contributed by atoms with Gasteiger partial charge in [0.05, 0.1) is 28.6 Å². The number of nitrogens with zero attached hydrogens (tertiary/aromatic N) is 2. The van der Waals surface area contributed by atoms with Gasteiger partial charge in [-0.15, -0.1) is 0 Å². The summed E-state index contributed by atoms with van der Waals surface area (Å²) >= 11 is 0. The monoisotopic (exact) mass is 438 g/mol. The minimum Gasteiger partial charge on any atom is -0.508 e. The molecule has 1 saturated carbocycles. The molecule has 2 amide bonds. The third kappa shape index (κ3) is 2.92. The van der Waals surface area contributed by atoms with Crippen LogP contribution in [0, 0.1) is 33.8 Å². The number of carbonyl (C=O) groups is 2. The van der Waals surface area contributed by atoms with E-state index in [1.165, 1.54) is 36.4 Å². The van der Waals surface area contributed by atoms with E-state index in [2.05, 4.69) is 0 Å². The van der Waals surface area contributed by atoms with E-state index in [0.717, 1.165) is 10.5 Å². The van der Waals surface area contributed by atoms with Crippen LogP contribution in [0.2, 0.25) is 0 Å². The van der Waals surface area contributed by atoms with Crippen molar-refractivity contribution in [3.05, 3.63) is 64.2 Å². The highest BCUT2D eigenvalue weighted by Gasteiger charge is 2.66. The molecule has 0 radical (unpaired) electrons. The van der Waals surface area contributed by atoms with Gasteiger partial charge in [-0.25, -0.2) is 4.90 Å². The summed E-state index contributed by atoms with van der Waals surface area (Å²) < 4.78 is 6.08. The van der Waals surface area contributed by atoms with Crippen molar-refractivity contribution in [1.29, 1.82) is 0 Å². The maximum Gasteiger partial charge on any atom is 0.271 e. The molecule has 9 nitrogen and oxygen atoms in total. The number of hydrogen-bond donors (Lipinski definition) is 2. The Bertz CT molecular complexity index is 1120. The third-order valence-corrected chi connectivity index (χ3v) is 7.12. The number of amides is 2.